The summed E-state index contributed by atoms with van der Waals surface area (Å²) in [7, 11) is 0. The number of benzene rings is 2. The van der Waals surface area contributed by atoms with Crippen LogP contribution >= 0.6 is 0 Å². The lowest BCUT2D eigenvalue weighted by Gasteiger charge is -2.37. The number of imide groups is 1. The number of amides is 2. The molecule has 0 spiro atoms. The van der Waals surface area contributed by atoms with E-state index in [9.17, 15) is 27.2 Å². The molecule has 0 saturated carbocycles. The molecular weight excluding hydrogens is 442 g/mol. The van der Waals surface area contributed by atoms with E-state index in [1.165, 1.54) is 17.0 Å². The SMILES string of the molecule is O=C1c2ccccc2C(=O)N1CCCN1CCN(c2ccccc2OC(F)C(F)(F)F)CC1. The molecule has 0 aliphatic carbocycles. The predicted octanol–water partition coefficient (Wildman–Crippen LogP) is 3.73. The Kier molecular flexibility index (Phi) is 6.55. The summed E-state index contributed by atoms with van der Waals surface area (Å²) < 4.78 is 55.6. The lowest BCUT2D eigenvalue weighted by atomic mass is 10.1. The number of alkyl halides is 4. The largest absolute Gasteiger partial charge is 0.457 e. The maximum absolute atomic E-state index is 13.4. The van der Waals surface area contributed by atoms with Crippen molar-refractivity contribution in [3.63, 3.8) is 0 Å². The summed E-state index contributed by atoms with van der Waals surface area (Å²) in [6.45, 7) is 3.30. The van der Waals surface area contributed by atoms with E-state index >= 15 is 0 Å². The monoisotopic (exact) mass is 465 g/mol. The highest BCUT2D eigenvalue weighted by molar-refractivity contribution is 6.21. The quantitative estimate of drug-likeness (QED) is 0.461. The highest BCUT2D eigenvalue weighted by Gasteiger charge is 2.43. The molecule has 176 valence electrons. The van der Waals surface area contributed by atoms with Crippen LogP contribution in [0.2, 0.25) is 0 Å². The molecule has 1 atom stereocenters. The van der Waals surface area contributed by atoms with Crippen LogP contribution in [-0.2, 0) is 0 Å². The highest BCUT2D eigenvalue weighted by atomic mass is 19.4. The number of ether oxygens (including phenoxy) is 1. The molecule has 2 amide bonds. The van der Waals surface area contributed by atoms with Crippen LogP contribution in [0.5, 0.6) is 5.75 Å². The summed E-state index contributed by atoms with van der Waals surface area (Å²) in [6.07, 6.45) is -7.87. The van der Waals surface area contributed by atoms with Crippen LogP contribution < -0.4 is 9.64 Å². The van der Waals surface area contributed by atoms with E-state index in [1.807, 2.05) is 4.90 Å². The van der Waals surface area contributed by atoms with E-state index < -0.39 is 12.5 Å². The smallest absolute Gasteiger partial charge is 0.450 e. The van der Waals surface area contributed by atoms with Crippen molar-refractivity contribution in [1.29, 1.82) is 0 Å². The van der Waals surface area contributed by atoms with Crippen molar-refractivity contribution in [1.82, 2.24) is 9.80 Å². The van der Waals surface area contributed by atoms with E-state index in [-0.39, 0.29) is 17.6 Å². The highest BCUT2D eigenvalue weighted by Crippen LogP contribution is 2.33. The number of nitrogens with zero attached hydrogens (tertiary/aromatic N) is 3. The molecule has 2 aromatic rings. The Morgan fingerprint density at radius 2 is 1.42 bits per heavy atom. The normalized spacial score (nSPS) is 17.9. The van der Waals surface area contributed by atoms with Crippen molar-refractivity contribution in [2.24, 2.45) is 0 Å². The number of hydrogen-bond donors (Lipinski definition) is 0. The first-order valence-corrected chi connectivity index (χ1v) is 10.6. The van der Waals surface area contributed by atoms with E-state index in [0.717, 1.165) is 0 Å². The number of anilines is 1. The Hall–Kier alpha value is -3.14. The topological polar surface area (TPSA) is 53.1 Å². The second-order valence-corrected chi connectivity index (χ2v) is 7.93. The van der Waals surface area contributed by atoms with Crippen molar-refractivity contribution in [3.05, 3.63) is 59.7 Å². The molecule has 2 aliphatic heterocycles. The van der Waals surface area contributed by atoms with Gasteiger partial charge in [0.15, 0.2) is 0 Å². The van der Waals surface area contributed by atoms with Crippen LogP contribution in [0.1, 0.15) is 27.1 Å². The summed E-state index contributed by atoms with van der Waals surface area (Å²) in [5.74, 6) is -0.703. The minimum atomic E-state index is -5.09. The van der Waals surface area contributed by atoms with Gasteiger partial charge in [-0.2, -0.15) is 17.6 Å². The summed E-state index contributed by atoms with van der Waals surface area (Å²) in [5.41, 5.74) is 1.27. The van der Waals surface area contributed by atoms with E-state index in [2.05, 4.69) is 9.64 Å². The maximum atomic E-state index is 13.4. The summed E-state index contributed by atoms with van der Waals surface area (Å²) >= 11 is 0. The van der Waals surface area contributed by atoms with Crippen LogP contribution in [0.25, 0.3) is 0 Å². The number of hydrogen-bond acceptors (Lipinski definition) is 5. The summed E-state index contributed by atoms with van der Waals surface area (Å²) in [4.78, 5) is 30.2. The fourth-order valence-electron chi connectivity index (χ4n) is 4.10. The summed E-state index contributed by atoms with van der Waals surface area (Å²) in [6, 6.07) is 12.8. The second kappa shape index (κ2) is 9.38. The second-order valence-electron chi connectivity index (χ2n) is 7.93. The number of carbonyl (C=O) groups is 2. The molecule has 33 heavy (non-hydrogen) atoms. The van der Waals surface area contributed by atoms with Gasteiger partial charge < -0.3 is 9.64 Å². The molecule has 1 saturated heterocycles. The zero-order valence-electron chi connectivity index (χ0n) is 17.7. The minimum absolute atomic E-state index is 0.151. The van der Waals surface area contributed by atoms with Crippen molar-refractivity contribution in [3.8, 4) is 5.75 Å². The van der Waals surface area contributed by atoms with Gasteiger partial charge in [-0.3, -0.25) is 19.4 Å². The molecule has 2 aliphatic rings. The predicted molar refractivity (Wildman–Crippen MR) is 113 cm³/mol. The van der Waals surface area contributed by atoms with Crippen molar-refractivity contribution in [2.45, 2.75) is 19.0 Å². The van der Waals surface area contributed by atoms with Gasteiger partial charge >= 0.3 is 12.5 Å². The molecule has 0 aromatic heterocycles. The zero-order valence-corrected chi connectivity index (χ0v) is 17.7. The fraction of sp³-hybridized carbons (Fsp3) is 0.391. The third-order valence-electron chi connectivity index (χ3n) is 5.80. The number of halogens is 4. The van der Waals surface area contributed by atoms with Gasteiger partial charge in [0.2, 0.25) is 0 Å². The van der Waals surface area contributed by atoms with E-state index in [4.69, 9.17) is 0 Å². The van der Waals surface area contributed by atoms with Crippen molar-refractivity contribution in [2.75, 3.05) is 44.2 Å². The van der Waals surface area contributed by atoms with Crippen LogP contribution in [0.15, 0.2) is 48.5 Å². The number of carbonyl (C=O) groups excluding carboxylic acids is 2. The third kappa shape index (κ3) is 4.95. The molecule has 10 heteroatoms. The van der Waals surface area contributed by atoms with Gasteiger partial charge in [-0.15, -0.1) is 0 Å². The van der Waals surface area contributed by atoms with Gasteiger partial charge in [0.1, 0.15) is 5.75 Å². The standard InChI is InChI=1S/C23H23F4N3O3/c24-22(23(25,26)27)33-19-9-4-3-8-18(19)29-14-12-28(13-15-29)10-5-11-30-20(31)16-6-1-2-7-17(16)21(30)32/h1-4,6-9,22H,5,10-15H2. The van der Waals surface area contributed by atoms with Gasteiger partial charge in [0.05, 0.1) is 16.8 Å². The first kappa shape index (κ1) is 23.0. The van der Waals surface area contributed by atoms with Crippen molar-refractivity contribution >= 4 is 17.5 Å². The number of rotatable bonds is 7. The van der Waals surface area contributed by atoms with E-state index in [1.54, 1.807) is 36.4 Å². The Labute approximate surface area is 188 Å². The first-order chi connectivity index (χ1) is 15.8. The lowest BCUT2D eigenvalue weighted by Crippen LogP contribution is -2.47. The van der Waals surface area contributed by atoms with Crippen LogP contribution in [0.4, 0.5) is 23.2 Å². The van der Waals surface area contributed by atoms with Gasteiger partial charge in [-0.1, -0.05) is 24.3 Å². The van der Waals surface area contributed by atoms with Crippen molar-refractivity contribution < 1.29 is 31.9 Å². The molecule has 0 radical (unpaired) electrons. The van der Waals surface area contributed by atoms with Gasteiger partial charge in [0.25, 0.3) is 11.8 Å². The van der Waals surface area contributed by atoms with Crippen LogP contribution in [0, 0.1) is 0 Å². The molecule has 2 heterocycles. The van der Waals surface area contributed by atoms with Crippen LogP contribution in [0.3, 0.4) is 0 Å². The lowest BCUT2D eigenvalue weighted by molar-refractivity contribution is -0.236. The molecule has 1 unspecified atom stereocenters. The average Bonchev–Trinajstić information content (AvgIpc) is 3.04. The molecular formula is C23H23F4N3O3. The number of fused-ring (bicyclic) bond motifs is 1. The first-order valence-electron chi connectivity index (χ1n) is 10.6. The summed E-state index contributed by atoms with van der Waals surface area (Å²) in [5, 5.41) is 0. The van der Waals surface area contributed by atoms with Gasteiger partial charge in [-0.05, 0) is 37.2 Å². The third-order valence-corrected chi connectivity index (χ3v) is 5.80. The molecule has 4 rings (SSSR count). The minimum Gasteiger partial charge on any atom is -0.450 e. The molecule has 0 bridgehead atoms. The fourth-order valence-corrected chi connectivity index (χ4v) is 4.10. The Morgan fingerprint density at radius 3 is 2.03 bits per heavy atom. The zero-order chi connectivity index (χ0) is 23.6. The molecule has 2 aromatic carbocycles. The molecule has 6 nitrogen and oxygen atoms in total. The Balaban J connectivity index is 1.28. The number of para-hydroxylation sites is 2. The average molecular weight is 465 g/mol. The maximum Gasteiger partial charge on any atom is 0.457 e. The van der Waals surface area contributed by atoms with Crippen LogP contribution in [-0.4, -0.2) is 73.4 Å². The van der Waals surface area contributed by atoms with Gasteiger partial charge in [-0.25, -0.2) is 0 Å². The van der Waals surface area contributed by atoms with Gasteiger partial charge in [0, 0.05) is 32.7 Å². The molecule has 0 N–H and O–H groups in total. The van der Waals surface area contributed by atoms with E-state index in [0.29, 0.717) is 62.5 Å². The number of piperazine rings is 1. The Morgan fingerprint density at radius 1 is 0.848 bits per heavy atom. The molecule has 1 fully saturated rings. The Bertz CT molecular complexity index is 987.